The van der Waals surface area contributed by atoms with E-state index in [0.29, 0.717) is 23.3 Å². The lowest BCUT2D eigenvalue weighted by Crippen LogP contribution is -2.21. The highest BCUT2D eigenvalue weighted by Crippen LogP contribution is 2.20. The molecule has 4 aromatic rings. The molecule has 4 heteroatoms. The summed E-state index contributed by atoms with van der Waals surface area (Å²) in [4.78, 5) is 22.1. The summed E-state index contributed by atoms with van der Waals surface area (Å²) >= 11 is 0. The fourth-order valence-electron chi connectivity index (χ4n) is 3.05. The van der Waals surface area contributed by atoms with Crippen molar-refractivity contribution in [3.05, 3.63) is 100 Å². The van der Waals surface area contributed by atoms with Gasteiger partial charge in [-0.15, -0.1) is 0 Å². The van der Waals surface area contributed by atoms with Gasteiger partial charge in [0, 0.05) is 18.0 Å². The normalized spacial score (nSPS) is 10.4. The van der Waals surface area contributed by atoms with Crippen LogP contribution in [0.2, 0.25) is 0 Å². The van der Waals surface area contributed by atoms with Gasteiger partial charge in [-0.2, -0.15) is 0 Å². The molecule has 4 rings (SSSR count). The van der Waals surface area contributed by atoms with Crippen molar-refractivity contribution >= 4 is 5.65 Å². The van der Waals surface area contributed by atoms with E-state index in [2.05, 4.69) is 16.8 Å². The minimum absolute atomic E-state index is 0.0947. The van der Waals surface area contributed by atoms with Crippen LogP contribution in [0.4, 0.5) is 0 Å². The third-order valence-corrected chi connectivity index (χ3v) is 4.34. The second-order valence-electron chi connectivity index (χ2n) is 6.05. The van der Waals surface area contributed by atoms with Gasteiger partial charge < -0.3 is 0 Å². The Hall–Kier alpha value is -3.71. The largest absolute Gasteiger partial charge is 0.268 e. The van der Waals surface area contributed by atoms with Crippen molar-refractivity contribution in [2.45, 2.75) is 13.3 Å². The van der Waals surface area contributed by atoms with Gasteiger partial charge in [-0.25, -0.2) is 4.98 Å². The highest BCUT2D eigenvalue weighted by molar-refractivity contribution is 5.67. The van der Waals surface area contributed by atoms with Gasteiger partial charge in [-0.1, -0.05) is 49.2 Å². The number of nitrogens with zero attached hydrogens (tertiary/aromatic N) is 3. The van der Waals surface area contributed by atoms with Gasteiger partial charge in [0.25, 0.3) is 5.56 Å². The van der Waals surface area contributed by atoms with Gasteiger partial charge in [0.05, 0.1) is 11.3 Å². The Morgan fingerprint density at radius 2 is 1.70 bits per heavy atom. The van der Waals surface area contributed by atoms with E-state index >= 15 is 0 Å². The first kappa shape index (κ1) is 16.7. The molecule has 0 spiro atoms. The molecule has 3 heterocycles. The highest BCUT2D eigenvalue weighted by Gasteiger charge is 2.14. The molecule has 0 bridgehead atoms. The lowest BCUT2D eigenvalue weighted by atomic mass is 10.0. The number of aromatic nitrogens is 3. The predicted octanol–water partition coefficient (Wildman–Crippen LogP) is 3.72. The standard InChI is InChI=1S/C23H17N3O/c1-2-20-22(18-7-4-3-5-8-18)23(27)26-19(9-6-10-21(26)25-20)12-11-17-13-15-24-16-14-17/h3-10,13-16H,2H2,1H3. The van der Waals surface area contributed by atoms with E-state index in [4.69, 9.17) is 4.98 Å². The van der Waals surface area contributed by atoms with Crippen LogP contribution in [0.15, 0.2) is 77.9 Å². The highest BCUT2D eigenvalue weighted by atomic mass is 16.1. The summed E-state index contributed by atoms with van der Waals surface area (Å²) in [6, 6.07) is 18.9. The predicted molar refractivity (Wildman–Crippen MR) is 106 cm³/mol. The van der Waals surface area contributed by atoms with E-state index in [9.17, 15) is 4.79 Å². The first-order valence-corrected chi connectivity index (χ1v) is 8.80. The Balaban J connectivity index is 1.98. The summed E-state index contributed by atoms with van der Waals surface area (Å²) in [6.07, 6.45) is 4.08. The first-order valence-electron chi connectivity index (χ1n) is 8.80. The first-order chi connectivity index (χ1) is 13.3. The number of hydrogen-bond acceptors (Lipinski definition) is 3. The fourth-order valence-corrected chi connectivity index (χ4v) is 3.05. The molecule has 0 unspecified atom stereocenters. The lowest BCUT2D eigenvalue weighted by Gasteiger charge is -2.11. The van der Waals surface area contributed by atoms with Crippen molar-refractivity contribution in [3.63, 3.8) is 0 Å². The van der Waals surface area contributed by atoms with E-state index in [1.165, 1.54) is 0 Å². The second-order valence-corrected chi connectivity index (χ2v) is 6.05. The van der Waals surface area contributed by atoms with E-state index in [-0.39, 0.29) is 5.56 Å². The maximum absolute atomic E-state index is 13.4. The maximum Gasteiger partial charge on any atom is 0.267 e. The Bertz CT molecular complexity index is 1220. The zero-order chi connectivity index (χ0) is 18.6. The van der Waals surface area contributed by atoms with E-state index in [0.717, 1.165) is 16.8 Å². The summed E-state index contributed by atoms with van der Waals surface area (Å²) < 4.78 is 1.59. The molecule has 0 saturated heterocycles. The Morgan fingerprint density at radius 3 is 2.44 bits per heavy atom. The molecule has 0 amide bonds. The van der Waals surface area contributed by atoms with Crippen LogP contribution in [0.1, 0.15) is 23.9 Å². The summed E-state index contributed by atoms with van der Waals surface area (Å²) in [7, 11) is 0. The Kier molecular flexibility index (Phi) is 4.51. The van der Waals surface area contributed by atoms with Crippen molar-refractivity contribution in [2.24, 2.45) is 0 Å². The molecule has 0 radical (unpaired) electrons. The van der Waals surface area contributed by atoms with Crippen LogP contribution >= 0.6 is 0 Å². The van der Waals surface area contributed by atoms with Gasteiger partial charge in [-0.05, 0) is 42.2 Å². The van der Waals surface area contributed by atoms with Crippen LogP contribution in [0, 0.1) is 11.8 Å². The van der Waals surface area contributed by atoms with Crippen LogP contribution in [0.25, 0.3) is 16.8 Å². The molecule has 0 N–H and O–H groups in total. The zero-order valence-electron chi connectivity index (χ0n) is 14.9. The molecule has 0 aliphatic heterocycles. The summed E-state index contributed by atoms with van der Waals surface area (Å²) in [6.45, 7) is 2.01. The molecule has 130 valence electrons. The number of aryl methyl sites for hydroxylation is 1. The second kappa shape index (κ2) is 7.27. The number of fused-ring (bicyclic) bond motifs is 1. The molecule has 0 aliphatic carbocycles. The third-order valence-electron chi connectivity index (χ3n) is 4.34. The van der Waals surface area contributed by atoms with Crippen LogP contribution in [-0.2, 0) is 6.42 Å². The molecule has 3 aromatic heterocycles. The Labute approximate surface area is 157 Å². The van der Waals surface area contributed by atoms with Crippen molar-refractivity contribution in [3.8, 4) is 23.0 Å². The minimum atomic E-state index is -0.0947. The molecule has 1 aromatic carbocycles. The summed E-state index contributed by atoms with van der Waals surface area (Å²) in [5.41, 5.74) is 4.27. The van der Waals surface area contributed by atoms with Crippen LogP contribution in [0.3, 0.4) is 0 Å². The maximum atomic E-state index is 13.4. The minimum Gasteiger partial charge on any atom is -0.268 e. The molecular weight excluding hydrogens is 334 g/mol. The summed E-state index contributed by atoms with van der Waals surface area (Å²) in [5.74, 6) is 6.20. The average molecular weight is 351 g/mol. The molecule has 0 aliphatic rings. The van der Waals surface area contributed by atoms with Crippen molar-refractivity contribution in [2.75, 3.05) is 0 Å². The molecule has 0 saturated carbocycles. The van der Waals surface area contributed by atoms with Gasteiger partial charge in [-0.3, -0.25) is 14.2 Å². The van der Waals surface area contributed by atoms with Crippen LogP contribution in [-0.4, -0.2) is 14.4 Å². The molecular formula is C23H17N3O. The lowest BCUT2D eigenvalue weighted by molar-refractivity contribution is 0.963. The van der Waals surface area contributed by atoms with E-state index < -0.39 is 0 Å². The van der Waals surface area contributed by atoms with Gasteiger partial charge >= 0.3 is 0 Å². The Morgan fingerprint density at radius 1 is 0.926 bits per heavy atom. The summed E-state index contributed by atoms with van der Waals surface area (Å²) in [5, 5.41) is 0. The number of rotatable bonds is 2. The van der Waals surface area contributed by atoms with Gasteiger partial charge in [0.2, 0.25) is 0 Å². The SMILES string of the molecule is CCc1nc2cccc(C#Cc3ccncc3)n2c(=O)c1-c1ccccc1. The third kappa shape index (κ3) is 3.23. The van der Waals surface area contributed by atoms with E-state index in [1.54, 1.807) is 16.8 Å². The van der Waals surface area contributed by atoms with Crippen molar-refractivity contribution < 1.29 is 0 Å². The zero-order valence-corrected chi connectivity index (χ0v) is 14.9. The van der Waals surface area contributed by atoms with Crippen molar-refractivity contribution in [1.82, 2.24) is 14.4 Å². The molecule has 27 heavy (non-hydrogen) atoms. The molecule has 0 fully saturated rings. The molecule has 0 atom stereocenters. The van der Waals surface area contributed by atoms with E-state index in [1.807, 2.05) is 67.6 Å². The smallest absolute Gasteiger partial charge is 0.267 e. The van der Waals surface area contributed by atoms with Crippen LogP contribution in [0.5, 0.6) is 0 Å². The topological polar surface area (TPSA) is 47.3 Å². The fraction of sp³-hybridized carbons (Fsp3) is 0.0870. The van der Waals surface area contributed by atoms with Crippen molar-refractivity contribution in [1.29, 1.82) is 0 Å². The van der Waals surface area contributed by atoms with Gasteiger partial charge in [0.15, 0.2) is 0 Å². The van der Waals surface area contributed by atoms with Gasteiger partial charge in [0.1, 0.15) is 11.3 Å². The number of benzene rings is 1. The monoisotopic (exact) mass is 351 g/mol. The number of hydrogen-bond donors (Lipinski definition) is 0. The quantitative estimate of drug-likeness (QED) is 0.517. The van der Waals surface area contributed by atoms with Crippen LogP contribution < -0.4 is 5.56 Å². The number of pyridine rings is 2. The average Bonchev–Trinajstić information content (AvgIpc) is 2.73. The molecule has 4 nitrogen and oxygen atoms in total.